The summed E-state index contributed by atoms with van der Waals surface area (Å²) < 4.78 is 33.7. The molecule has 0 saturated carbocycles. The molecule has 0 aromatic carbocycles. The Kier molecular flexibility index (Phi) is 1.98. The first-order valence-corrected chi connectivity index (χ1v) is 4.69. The third kappa shape index (κ3) is 2.24. The third-order valence-corrected chi connectivity index (χ3v) is 2.21. The van der Waals surface area contributed by atoms with Gasteiger partial charge in [0, 0.05) is 6.42 Å². The topological polar surface area (TPSA) is 63.6 Å². The summed E-state index contributed by atoms with van der Waals surface area (Å²) in [6.07, 6.45) is 0.580. The summed E-state index contributed by atoms with van der Waals surface area (Å²) in [5.41, 5.74) is 0. The van der Waals surface area contributed by atoms with Crippen LogP contribution >= 0.6 is 0 Å². The molecule has 60 valence electrons. The molecule has 0 spiro atoms. The van der Waals surface area contributed by atoms with E-state index in [-0.39, 0.29) is 18.0 Å². The van der Waals surface area contributed by atoms with E-state index < -0.39 is 10.1 Å². The number of hydrogen-bond donors (Lipinski definition) is 1. The van der Waals surface area contributed by atoms with Gasteiger partial charge in [0.15, 0.2) is 0 Å². The Morgan fingerprint density at radius 1 is 1.70 bits per heavy atom. The van der Waals surface area contributed by atoms with Crippen molar-refractivity contribution in [1.29, 1.82) is 0 Å². The predicted octanol–water partition coefficient (Wildman–Crippen LogP) is 0.0516. The lowest BCUT2D eigenvalue weighted by Crippen LogP contribution is -2.39. The first kappa shape index (κ1) is 7.97. The standard InChI is InChI=1S/C5H10O4S/c1-4-2-5(9-4)3-10(6,7)8/h4-5H,2-3H2,1H3,(H,6,7,8). The summed E-state index contributed by atoms with van der Waals surface area (Å²) in [5.74, 6) is -0.267. The summed E-state index contributed by atoms with van der Waals surface area (Å²) in [4.78, 5) is 0. The van der Waals surface area contributed by atoms with Crippen molar-refractivity contribution in [3.8, 4) is 0 Å². The van der Waals surface area contributed by atoms with E-state index in [0.29, 0.717) is 0 Å². The van der Waals surface area contributed by atoms with Gasteiger partial charge in [-0.05, 0) is 6.92 Å². The molecule has 0 amide bonds. The molecule has 1 heterocycles. The molecule has 0 bridgehead atoms. The minimum Gasteiger partial charge on any atom is -0.374 e. The summed E-state index contributed by atoms with van der Waals surface area (Å²) >= 11 is 0. The number of ether oxygens (including phenoxy) is 1. The van der Waals surface area contributed by atoms with Gasteiger partial charge < -0.3 is 4.74 Å². The Hall–Kier alpha value is -0.130. The maximum absolute atomic E-state index is 10.2. The van der Waals surface area contributed by atoms with Crippen molar-refractivity contribution in [2.24, 2.45) is 0 Å². The zero-order valence-corrected chi connectivity index (χ0v) is 6.47. The summed E-state index contributed by atoms with van der Waals surface area (Å²) in [6.45, 7) is 1.86. The highest BCUT2D eigenvalue weighted by Crippen LogP contribution is 2.20. The van der Waals surface area contributed by atoms with Crippen molar-refractivity contribution in [3.05, 3.63) is 0 Å². The van der Waals surface area contributed by atoms with Crippen LogP contribution in [-0.2, 0) is 14.9 Å². The maximum atomic E-state index is 10.2. The van der Waals surface area contributed by atoms with Crippen molar-refractivity contribution in [2.75, 3.05) is 5.75 Å². The molecule has 1 fully saturated rings. The fraction of sp³-hybridized carbons (Fsp3) is 1.00. The summed E-state index contributed by atoms with van der Waals surface area (Å²) in [7, 11) is -3.83. The van der Waals surface area contributed by atoms with E-state index in [2.05, 4.69) is 0 Å². The van der Waals surface area contributed by atoms with E-state index in [9.17, 15) is 8.42 Å². The van der Waals surface area contributed by atoms with Crippen LogP contribution in [0.5, 0.6) is 0 Å². The molecular weight excluding hydrogens is 156 g/mol. The molecule has 0 radical (unpaired) electrons. The average Bonchev–Trinajstić information content (AvgIpc) is 1.57. The molecule has 10 heavy (non-hydrogen) atoms. The van der Waals surface area contributed by atoms with Gasteiger partial charge in [-0.3, -0.25) is 4.55 Å². The van der Waals surface area contributed by atoms with Crippen LogP contribution < -0.4 is 0 Å². The van der Waals surface area contributed by atoms with Crippen LogP contribution in [0.2, 0.25) is 0 Å². The van der Waals surface area contributed by atoms with Crippen LogP contribution in [0, 0.1) is 0 Å². The summed E-state index contributed by atoms with van der Waals surface area (Å²) in [5, 5.41) is 0. The van der Waals surface area contributed by atoms with E-state index >= 15 is 0 Å². The van der Waals surface area contributed by atoms with Gasteiger partial charge in [0.1, 0.15) is 5.75 Å². The molecule has 0 aromatic rings. The lowest BCUT2D eigenvalue weighted by molar-refractivity contribution is -0.100. The van der Waals surface area contributed by atoms with E-state index in [1.54, 1.807) is 0 Å². The van der Waals surface area contributed by atoms with Crippen molar-refractivity contribution in [1.82, 2.24) is 0 Å². The molecule has 1 N–H and O–H groups in total. The van der Waals surface area contributed by atoms with Gasteiger partial charge in [-0.2, -0.15) is 8.42 Å². The molecule has 0 aromatic heterocycles. The first-order valence-electron chi connectivity index (χ1n) is 3.08. The molecule has 1 aliphatic heterocycles. The normalized spacial score (nSPS) is 33.4. The predicted molar refractivity (Wildman–Crippen MR) is 35.4 cm³/mol. The van der Waals surface area contributed by atoms with Crippen LogP contribution in [0.15, 0.2) is 0 Å². The largest absolute Gasteiger partial charge is 0.374 e. The van der Waals surface area contributed by atoms with Gasteiger partial charge in [0.25, 0.3) is 10.1 Å². The lowest BCUT2D eigenvalue weighted by Gasteiger charge is -2.32. The Labute approximate surface area is 59.9 Å². The monoisotopic (exact) mass is 166 g/mol. The fourth-order valence-electron chi connectivity index (χ4n) is 1.03. The Balaban J connectivity index is 2.30. The molecule has 2 atom stereocenters. The second-order valence-corrected chi connectivity index (χ2v) is 4.05. The smallest absolute Gasteiger partial charge is 0.267 e. The maximum Gasteiger partial charge on any atom is 0.267 e. The van der Waals surface area contributed by atoms with Crippen LogP contribution in [-0.4, -0.2) is 30.9 Å². The Morgan fingerprint density at radius 2 is 2.20 bits per heavy atom. The van der Waals surface area contributed by atoms with E-state index in [4.69, 9.17) is 9.29 Å². The number of hydrogen-bond acceptors (Lipinski definition) is 3. The van der Waals surface area contributed by atoms with Crippen molar-refractivity contribution < 1.29 is 17.7 Å². The van der Waals surface area contributed by atoms with E-state index in [1.165, 1.54) is 0 Å². The molecule has 5 heteroatoms. The zero-order valence-electron chi connectivity index (χ0n) is 5.65. The van der Waals surface area contributed by atoms with Gasteiger partial charge in [0.05, 0.1) is 12.2 Å². The van der Waals surface area contributed by atoms with E-state index in [0.717, 1.165) is 6.42 Å². The molecular formula is C5H10O4S. The van der Waals surface area contributed by atoms with Crippen molar-refractivity contribution >= 4 is 10.1 Å². The van der Waals surface area contributed by atoms with Gasteiger partial charge in [0.2, 0.25) is 0 Å². The fourth-order valence-corrected chi connectivity index (χ4v) is 1.71. The molecule has 1 rings (SSSR count). The van der Waals surface area contributed by atoms with Crippen molar-refractivity contribution in [2.45, 2.75) is 25.6 Å². The molecule has 0 aliphatic carbocycles. The zero-order chi connectivity index (χ0) is 7.78. The minimum atomic E-state index is -3.83. The highest BCUT2D eigenvalue weighted by atomic mass is 32.2. The van der Waals surface area contributed by atoms with Gasteiger partial charge >= 0.3 is 0 Å². The first-order chi connectivity index (χ1) is 4.47. The van der Waals surface area contributed by atoms with Crippen LogP contribution in [0.1, 0.15) is 13.3 Å². The van der Waals surface area contributed by atoms with E-state index in [1.807, 2.05) is 6.92 Å². The quantitative estimate of drug-likeness (QED) is 0.589. The summed E-state index contributed by atoms with van der Waals surface area (Å²) in [6, 6.07) is 0. The second kappa shape index (κ2) is 2.48. The van der Waals surface area contributed by atoms with Gasteiger partial charge in [-0.25, -0.2) is 0 Å². The molecule has 2 unspecified atom stereocenters. The minimum absolute atomic E-state index is 0.145. The molecule has 4 nitrogen and oxygen atoms in total. The third-order valence-electron chi connectivity index (χ3n) is 1.42. The molecule has 1 aliphatic rings. The highest BCUT2D eigenvalue weighted by molar-refractivity contribution is 7.85. The van der Waals surface area contributed by atoms with Gasteiger partial charge in [-0.15, -0.1) is 0 Å². The lowest BCUT2D eigenvalue weighted by atomic mass is 10.1. The van der Waals surface area contributed by atoms with Crippen LogP contribution in [0.3, 0.4) is 0 Å². The molecule has 1 saturated heterocycles. The SMILES string of the molecule is CC1CC(CS(=O)(=O)O)O1. The average molecular weight is 166 g/mol. The Bertz CT molecular complexity index is 202. The highest BCUT2D eigenvalue weighted by Gasteiger charge is 2.29. The Morgan fingerprint density at radius 3 is 2.50 bits per heavy atom. The van der Waals surface area contributed by atoms with Crippen LogP contribution in [0.4, 0.5) is 0 Å². The number of rotatable bonds is 2. The van der Waals surface area contributed by atoms with Gasteiger partial charge in [-0.1, -0.05) is 0 Å². The second-order valence-electron chi connectivity index (χ2n) is 2.55. The van der Waals surface area contributed by atoms with Crippen LogP contribution in [0.25, 0.3) is 0 Å². The van der Waals surface area contributed by atoms with Crippen molar-refractivity contribution in [3.63, 3.8) is 0 Å².